The summed E-state index contributed by atoms with van der Waals surface area (Å²) in [5.41, 5.74) is 1.93. The van der Waals surface area contributed by atoms with Crippen molar-refractivity contribution < 1.29 is 28.2 Å². The Balaban J connectivity index is 1.43. The Labute approximate surface area is 259 Å². The number of aliphatic hydroxyl groups excluding tert-OH is 1. The van der Waals surface area contributed by atoms with Crippen LogP contribution < -0.4 is 14.4 Å². The van der Waals surface area contributed by atoms with Crippen LogP contribution in [0.15, 0.2) is 36.4 Å². The number of sulfonamides is 1. The lowest BCUT2D eigenvalue weighted by atomic mass is 9.63. The van der Waals surface area contributed by atoms with E-state index in [9.17, 15) is 23.4 Å². The molecule has 1 amide bonds. The third kappa shape index (κ3) is 5.67. The molecule has 2 aromatic rings. The molecule has 234 valence electrons. The number of benzene rings is 2. The number of anilines is 1. The summed E-state index contributed by atoms with van der Waals surface area (Å²) < 4.78 is 35.3. The Hall–Kier alpha value is -2.33. The monoisotopic (exact) mass is 630 g/mol. The van der Waals surface area contributed by atoms with Crippen molar-refractivity contribution >= 4 is 33.2 Å². The van der Waals surface area contributed by atoms with Gasteiger partial charge in [0.25, 0.3) is 5.91 Å². The Bertz CT molecular complexity index is 1500. The molecule has 1 fully saturated rings. The zero-order chi connectivity index (χ0) is 30.6. The van der Waals surface area contributed by atoms with Gasteiger partial charge in [0.05, 0.1) is 29.8 Å². The zero-order valence-electron chi connectivity index (χ0n) is 25.0. The van der Waals surface area contributed by atoms with Gasteiger partial charge >= 0.3 is 0 Å². The van der Waals surface area contributed by atoms with Crippen LogP contribution in [0.25, 0.3) is 0 Å². The third-order valence-electron chi connectivity index (χ3n) is 10.9. The SMILES string of the molecule is C[C@@H]1[C@@H](C)CCC[C@@](O)(CO)[C@@H]2CC[C@H]2CN2C[C@@]3(CCCc4cc(Cl)ccc43)COc3ccc(cc32)C(=O)NS1(=O)=O. The van der Waals surface area contributed by atoms with Crippen LogP contribution in [0, 0.1) is 17.8 Å². The molecule has 1 saturated carbocycles. The summed E-state index contributed by atoms with van der Waals surface area (Å²) in [4.78, 5) is 15.6. The van der Waals surface area contributed by atoms with E-state index in [0.717, 1.165) is 37.8 Å². The van der Waals surface area contributed by atoms with Gasteiger partial charge in [0, 0.05) is 29.1 Å². The number of rotatable bonds is 1. The molecular formula is C33H43ClN2O6S. The van der Waals surface area contributed by atoms with Crippen molar-refractivity contribution in [3.63, 3.8) is 0 Å². The highest BCUT2D eigenvalue weighted by atomic mass is 35.5. The van der Waals surface area contributed by atoms with Gasteiger partial charge in [-0.2, -0.15) is 0 Å². The summed E-state index contributed by atoms with van der Waals surface area (Å²) >= 11 is 6.39. The molecule has 6 atom stereocenters. The molecule has 4 aliphatic rings. The van der Waals surface area contributed by atoms with Crippen LogP contribution in [0.4, 0.5) is 5.69 Å². The van der Waals surface area contributed by atoms with Gasteiger partial charge in [-0.25, -0.2) is 13.1 Å². The second kappa shape index (κ2) is 11.5. The Kier molecular flexibility index (Phi) is 8.24. The number of nitrogens with zero attached hydrogens (tertiary/aromatic N) is 1. The number of ether oxygens (including phenoxy) is 1. The molecule has 0 aromatic heterocycles. The number of hydrogen-bond donors (Lipinski definition) is 3. The summed E-state index contributed by atoms with van der Waals surface area (Å²) in [6, 6.07) is 11.3. The lowest BCUT2D eigenvalue weighted by Gasteiger charge is -2.49. The highest BCUT2D eigenvalue weighted by Crippen LogP contribution is 2.48. The molecule has 0 unspecified atom stereocenters. The average molecular weight is 631 g/mol. The molecule has 0 saturated heterocycles. The first-order valence-corrected chi connectivity index (χ1v) is 17.6. The normalized spacial score (nSPS) is 34.2. The lowest BCUT2D eigenvalue weighted by molar-refractivity contribution is -0.117. The van der Waals surface area contributed by atoms with Crippen LogP contribution in [0.2, 0.25) is 5.02 Å². The largest absolute Gasteiger partial charge is 0.490 e. The highest BCUT2D eigenvalue weighted by Gasteiger charge is 2.48. The number of aryl methyl sites for hydroxylation is 1. The Morgan fingerprint density at radius 1 is 1.09 bits per heavy atom. The maximum Gasteiger partial charge on any atom is 0.264 e. The van der Waals surface area contributed by atoms with Crippen LogP contribution >= 0.6 is 11.6 Å². The van der Waals surface area contributed by atoms with Gasteiger partial charge in [-0.15, -0.1) is 0 Å². The summed E-state index contributed by atoms with van der Waals surface area (Å²) in [5.74, 6) is -0.168. The minimum atomic E-state index is -3.95. The van der Waals surface area contributed by atoms with Crippen molar-refractivity contribution in [2.75, 3.05) is 31.2 Å². The molecule has 1 spiro atoms. The number of aliphatic hydroxyl groups is 2. The van der Waals surface area contributed by atoms with Crippen LogP contribution in [0.3, 0.4) is 0 Å². The van der Waals surface area contributed by atoms with E-state index in [2.05, 4.69) is 21.8 Å². The maximum absolute atomic E-state index is 13.4. The van der Waals surface area contributed by atoms with Crippen molar-refractivity contribution in [3.8, 4) is 5.75 Å². The zero-order valence-corrected chi connectivity index (χ0v) is 26.6. The maximum atomic E-state index is 13.4. The van der Waals surface area contributed by atoms with Crippen molar-refractivity contribution in [2.45, 2.75) is 81.5 Å². The fraction of sp³-hybridized carbons (Fsp3) is 0.606. The molecule has 2 bridgehead atoms. The number of hydrogen-bond acceptors (Lipinski definition) is 7. The predicted octanol–water partition coefficient (Wildman–Crippen LogP) is 4.83. The van der Waals surface area contributed by atoms with Gasteiger partial charge in [0.1, 0.15) is 5.75 Å². The number of fused-ring (bicyclic) bond motifs is 4. The van der Waals surface area contributed by atoms with Gasteiger partial charge in [0.15, 0.2) is 0 Å². The number of nitrogens with one attached hydrogen (secondary N) is 1. The number of amides is 1. The molecule has 8 nitrogen and oxygen atoms in total. The molecular weight excluding hydrogens is 588 g/mol. The van der Waals surface area contributed by atoms with Gasteiger partial charge in [-0.3, -0.25) is 4.79 Å². The predicted molar refractivity (Wildman–Crippen MR) is 167 cm³/mol. The van der Waals surface area contributed by atoms with Crippen LogP contribution in [-0.2, 0) is 21.9 Å². The number of carbonyl (C=O) groups excluding carboxylic acids is 1. The Morgan fingerprint density at radius 2 is 1.91 bits per heavy atom. The lowest BCUT2D eigenvalue weighted by Crippen LogP contribution is -2.54. The number of carbonyl (C=O) groups is 1. The standard InChI is InChI=1S/C33H43ClN2O6S/c1-21-5-3-14-33(39,19-37)28-10-7-25(28)17-36-18-32(13-4-6-23-15-26(34)9-11-27(23)32)20-42-30-12-8-24(16-29(30)36)31(38)35-43(40,41)22(21)2/h8-9,11-12,15-16,21-22,25,28,37,39H,3-7,10,13-14,17-20H2,1-2H3,(H,35,38)/t21-,22+,25-,28+,32-,33+/m0/s1. The molecule has 43 heavy (non-hydrogen) atoms. The first-order chi connectivity index (χ1) is 20.4. The Morgan fingerprint density at radius 3 is 2.65 bits per heavy atom. The average Bonchev–Trinajstić information content (AvgIpc) is 3.11. The topological polar surface area (TPSA) is 116 Å². The number of halogens is 1. The molecule has 0 radical (unpaired) electrons. The van der Waals surface area contributed by atoms with Crippen molar-refractivity contribution in [1.82, 2.24) is 4.72 Å². The summed E-state index contributed by atoms with van der Waals surface area (Å²) in [6.45, 7) is 4.89. The molecule has 10 heteroatoms. The molecule has 3 N–H and O–H groups in total. The minimum Gasteiger partial charge on any atom is -0.490 e. The van der Waals surface area contributed by atoms with E-state index < -0.39 is 26.8 Å². The quantitative estimate of drug-likeness (QED) is 0.413. The first-order valence-electron chi connectivity index (χ1n) is 15.6. The molecule has 6 rings (SSSR count). The van der Waals surface area contributed by atoms with E-state index in [1.54, 1.807) is 25.1 Å². The van der Waals surface area contributed by atoms with E-state index in [0.29, 0.717) is 49.7 Å². The van der Waals surface area contributed by atoms with E-state index in [1.807, 2.05) is 13.0 Å². The molecule has 2 heterocycles. The van der Waals surface area contributed by atoms with Gasteiger partial charge in [0.2, 0.25) is 10.0 Å². The molecule has 2 aliphatic carbocycles. The van der Waals surface area contributed by atoms with Crippen molar-refractivity contribution in [1.29, 1.82) is 0 Å². The van der Waals surface area contributed by atoms with Gasteiger partial charge in [-0.05, 0) is 111 Å². The van der Waals surface area contributed by atoms with E-state index in [1.165, 1.54) is 11.1 Å². The first kappa shape index (κ1) is 30.7. The smallest absolute Gasteiger partial charge is 0.264 e. The van der Waals surface area contributed by atoms with Gasteiger partial charge in [-0.1, -0.05) is 31.0 Å². The highest BCUT2D eigenvalue weighted by molar-refractivity contribution is 7.90. The van der Waals surface area contributed by atoms with E-state index in [4.69, 9.17) is 16.3 Å². The summed E-state index contributed by atoms with van der Waals surface area (Å²) in [6.07, 6.45) is 6.19. The van der Waals surface area contributed by atoms with Crippen LogP contribution in [-0.4, -0.2) is 61.7 Å². The van der Waals surface area contributed by atoms with E-state index in [-0.39, 0.29) is 35.3 Å². The molecule has 2 aromatic carbocycles. The van der Waals surface area contributed by atoms with Crippen molar-refractivity contribution in [2.24, 2.45) is 17.8 Å². The van der Waals surface area contributed by atoms with Crippen LogP contribution in [0.5, 0.6) is 5.75 Å². The fourth-order valence-corrected chi connectivity index (χ4v) is 9.47. The van der Waals surface area contributed by atoms with Crippen molar-refractivity contribution in [3.05, 3.63) is 58.1 Å². The summed E-state index contributed by atoms with van der Waals surface area (Å²) in [7, 11) is -3.95. The fourth-order valence-electron chi connectivity index (χ4n) is 7.97. The van der Waals surface area contributed by atoms with E-state index >= 15 is 0 Å². The minimum absolute atomic E-state index is 0.0747. The second-order valence-corrected chi connectivity index (χ2v) is 16.0. The third-order valence-corrected chi connectivity index (χ3v) is 13.1. The van der Waals surface area contributed by atoms with Crippen LogP contribution in [0.1, 0.15) is 80.3 Å². The van der Waals surface area contributed by atoms with Gasteiger partial charge < -0.3 is 19.8 Å². The summed E-state index contributed by atoms with van der Waals surface area (Å²) in [5, 5.41) is 22.0. The second-order valence-electron chi connectivity index (χ2n) is 13.5. The molecule has 2 aliphatic heterocycles.